The summed E-state index contributed by atoms with van der Waals surface area (Å²) in [6, 6.07) is 13.4. The number of nitrogens with two attached hydrogens (primary N) is 1. The average molecular weight is 247 g/mol. The number of nitriles is 1. The van der Waals surface area contributed by atoms with Crippen molar-refractivity contribution in [3.8, 4) is 6.07 Å². The fraction of sp³-hybridized carbons (Fsp3) is 0.125. The van der Waals surface area contributed by atoms with E-state index in [-0.39, 0.29) is 0 Å². The Labute approximate surface area is 112 Å². The van der Waals surface area contributed by atoms with E-state index in [9.17, 15) is 0 Å². The Kier molecular flexibility index (Phi) is 3.50. The molecule has 0 atom stereocenters. The first-order chi connectivity index (χ1) is 9.13. The summed E-state index contributed by atoms with van der Waals surface area (Å²) >= 11 is 0. The van der Waals surface area contributed by atoms with Gasteiger partial charge in [-0.15, -0.1) is 0 Å². The Balaban J connectivity index is 2.27. The first kappa shape index (κ1) is 12.7. The number of rotatable bonds is 2. The highest BCUT2D eigenvalue weighted by atomic mass is 14.7. The number of nitrogens with zero attached hydrogens (tertiary/aromatic N) is 2. The molecule has 19 heavy (non-hydrogen) atoms. The molecule has 3 heteroatoms. The molecule has 3 nitrogen and oxygen atoms in total. The van der Waals surface area contributed by atoms with Crippen molar-refractivity contribution in [3.05, 3.63) is 70.1 Å². The van der Waals surface area contributed by atoms with E-state index >= 15 is 0 Å². The maximum atomic E-state index is 8.90. The van der Waals surface area contributed by atoms with Crippen LogP contribution >= 0.6 is 0 Å². The summed E-state index contributed by atoms with van der Waals surface area (Å²) in [4.78, 5) is 3.34. The van der Waals surface area contributed by atoms with Gasteiger partial charge in [0, 0.05) is 5.69 Å². The average Bonchev–Trinajstić information content (AvgIpc) is 2.39. The normalized spacial score (nSPS) is 9.63. The minimum Gasteiger partial charge on any atom is -0.407 e. The second kappa shape index (κ2) is 5.25. The molecule has 0 saturated heterocycles. The number of hydrogen-bond donors (Lipinski definition) is 1. The van der Waals surface area contributed by atoms with Gasteiger partial charge < -0.3 is 5.73 Å². The molecular formula is C16H13N3. The Morgan fingerprint density at radius 2 is 1.89 bits per heavy atom. The molecule has 2 N–H and O–H groups in total. The Bertz CT molecular complexity index is 641. The van der Waals surface area contributed by atoms with Gasteiger partial charge in [0.1, 0.15) is 0 Å². The molecule has 0 spiro atoms. The molecule has 0 unspecified atom stereocenters. The van der Waals surface area contributed by atoms with E-state index in [0.717, 1.165) is 23.1 Å². The maximum Gasteiger partial charge on any atom is 0.209 e. The lowest BCUT2D eigenvalue weighted by molar-refractivity contribution is 1.18. The lowest BCUT2D eigenvalue weighted by Gasteiger charge is -2.06. The number of benzene rings is 2. The first-order valence-corrected chi connectivity index (χ1v) is 5.89. The van der Waals surface area contributed by atoms with Crippen molar-refractivity contribution in [1.82, 2.24) is 0 Å². The third kappa shape index (κ3) is 2.73. The molecule has 0 amide bonds. The fourth-order valence-corrected chi connectivity index (χ4v) is 2.01. The highest BCUT2D eigenvalue weighted by Gasteiger charge is 2.03. The predicted molar refractivity (Wildman–Crippen MR) is 75.8 cm³/mol. The van der Waals surface area contributed by atoms with Crippen LogP contribution in [-0.2, 0) is 6.42 Å². The zero-order valence-corrected chi connectivity index (χ0v) is 10.6. The summed E-state index contributed by atoms with van der Waals surface area (Å²) in [5.74, 6) is 0. The van der Waals surface area contributed by atoms with Crippen LogP contribution in [0, 0.1) is 24.8 Å². The van der Waals surface area contributed by atoms with Crippen LogP contribution in [0.15, 0.2) is 36.4 Å². The summed E-state index contributed by atoms with van der Waals surface area (Å²) in [5.41, 5.74) is 10.7. The van der Waals surface area contributed by atoms with Crippen molar-refractivity contribution in [2.45, 2.75) is 13.3 Å². The third-order valence-electron chi connectivity index (χ3n) is 3.03. The quantitative estimate of drug-likeness (QED) is 0.651. The zero-order chi connectivity index (χ0) is 13.8. The lowest BCUT2D eigenvalue weighted by atomic mass is 10.00. The molecule has 0 heterocycles. The van der Waals surface area contributed by atoms with Crippen molar-refractivity contribution in [3.63, 3.8) is 0 Å². The molecule has 2 rings (SSSR count). The van der Waals surface area contributed by atoms with Crippen LogP contribution in [0.4, 0.5) is 11.4 Å². The van der Waals surface area contributed by atoms with Crippen LogP contribution < -0.4 is 5.73 Å². The van der Waals surface area contributed by atoms with Crippen LogP contribution in [0.5, 0.6) is 0 Å². The predicted octanol–water partition coefficient (Wildman–Crippen LogP) is 3.59. The van der Waals surface area contributed by atoms with Crippen LogP contribution in [0.3, 0.4) is 0 Å². The van der Waals surface area contributed by atoms with E-state index in [1.165, 1.54) is 0 Å². The van der Waals surface area contributed by atoms with E-state index in [1.807, 2.05) is 37.3 Å². The minimum absolute atomic E-state index is 0.486. The van der Waals surface area contributed by atoms with Gasteiger partial charge in [-0.2, -0.15) is 5.26 Å². The fourth-order valence-electron chi connectivity index (χ4n) is 2.01. The third-order valence-corrected chi connectivity index (χ3v) is 3.03. The summed E-state index contributed by atoms with van der Waals surface area (Å²) < 4.78 is 0. The van der Waals surface area contributed by atoms with E-state index in [4.69, 9.17) is 17.6 Å². The van der Waals surface area contributed by atoms with Gasteiger partial charge in [0.25, 0.3) is 0 Å². The Hall–Kier alpha value is -2.78. The van der Waals surface area contributed by atoms with Crippen molar-refractivity contribution >= 4 is 11.4 Å². The van der Waals surface area contributed by atoms with Crippen LogP contribution in [0.25, 0.3) is 4.85 Å². The number of hydrogen-bond acceptors (Lipinski definition) is 2. The molecule has 2 aromatic rings. The SMILES string of the molecule is [C-]#[N+]c1ccc(Cc2ccc(C#N)c(C)c2)cc1N. The van der Waals surface area contributed by atoms with Crippen LogP contribution in [-0.4, -0.2) is 0 Å². The summed E-state index contributed by atoms with van der Waals surface area (Å²) in [5, 5.41) is 8.90. The summed E-state index contributed by atoms with van der Waals surface area (Å²) in [7, 11) is 0. The van der Waals surface area contributed by atoms with Crippen molar-refractivity contribution < 1.29 is 0 Å². The van der Waals surface area contributed by atoms with Gasteiger partial charge in [-0.05, 0) is 42.2 Å². The molecule has 2 aromatic carbocycles. The van der Waals surface area contributed by atoms with Gasteiger partial charge in [0.05, 0.1) is 18.2 Å². The molecule has 0 aliphatic heterocycles. The number of aryl methyl sites for hydroxylation is 1. The molecule has 0 radical (unpaired) electrons. The highest BCUT2D eigenvalue weighted by Crippen LogP contribution is 2.24. The van der Waals surface area contributed by atoms with Gasteiger partial charge in [0.2, 0.25) is 5.69 Å². The zero-order valence-electron chi connectivity index (χ0n) is 10.6. The van der Waals surface area contributed by atoms with E-state index in [1.54, 1.807) is 6.07 Å². The van der Waals surface area contributed by atoms with Crippen molar-refractivity contribution in [2.75, 3.05) is 5.73 Å². The maximum absolute atomic E-state index is 8.90. The van der Waals surface area contributed by atoms with Crippen molar-refractivity contribution in [1.29, 1.82) is 5.26 Å². The highest BCUT2D eigenvalue weighted by molar-refractivity contribution is 5.67. The lowest BCUT2D eigenvalue weighted by Crippen LogP contribution is -1.93. The largest absolute Gasteiger partial charge is 0.407 e. The van der Waals surface area contributed by atoms with E-state index in [2.05, 4.69) is 10.9 Å². The van der Waals surface area contributed by atoms with Crippen molar-refractivity contribution in [2.24, 2.45) is 0 Å². The van der Waals surface area contributed by atoms with E-state index in [0.29, 0.717) is 16.9 Å². The molecule has 92 valence electrons. The van der Waals surface area contributed by atoms with Crippen LogP contribution in [0.2, 0.25) is 0 Å². The molecule has 0 saturated carbocycles. The monoisotopic (exact) mass is 247 g/mol. The summed E-state index contributed by atoms with van der Waals surface area (Å²) in [6.45, 7) is 8.89. The van der Waals surface area contributed by atoms with Gasteiger partial charge in [-0.3, -0.25) is 0 Å². The second-order valence-electron chi connectivity index (χ2n) is 4.44. The van der Waals surface area contributed by atoms with Gasteiger partial charge >= 0.3 is 0 Å². The number of anilines is 1. The van der Waals surface area contributed by atoms with Gasteiger partial charge in [-0.25, -0.2) is 4.85 Å². The Morgan fingerprint density at radius 3 is 2.47 bits per heavy atom. The minimum atomic E-state index is 0.486. The molecule has 0 bridgehead atoms. The Morgan fingerprint density at radius 1 is 1.21 bits per heavy atom. The molecule has 0 aliphatic carbocycles. The first-order valence-electron chi connectivity index (χ1n) is 5.89. The molecule has 0 fully saturated rings. The standard InChI is InChI=1S/C16H13N3/c1-11-7-12(3-5-14(11)10-17)8-13-4-6-16(19-2)15(18)9-13/h3-7,9H,8,18H2,1H3. The summed E-state index contributed by atoms with van der Waals surface area (Å²) in [6.07, 6.45) is 0.745. The molecule has 0 aliphatic rings. The van der Waals surface area contributed by atoms with E-state index < -0.39 is 0 Å². The number of nitrogen functional groups attached to an aromatic ring is 1. The van der Waals surface area contributed by atoms with Crippen LogP contribution in [0.1, 0.15) is 22.3 Å². The molecular weight excluding hydrogens is 234 g/mol. The van der Waals surface area contributed by atoms with Gasteiger partial charge in [-0.1, -0.05) is 24.3 Å². The smallest absolute Gasteiger partial charge is 0.209 e. The second-order valence-corrected chi connectivity index (χ2v) is 4.44. The molecule has 0 aromatic heterocycles. The van der Waals surface area contributed by atoms with Gasteiger partial charge in [0.15, 0.2) is 0 Å². The topological polar surface area (TPSA) is 54.2 Å².